The summed E-state index contributed by atoms with van der Waals surface area (Å²) in [6, 6.07) is 2.56. The Morgan fingerprint density at radius 2 is 1.18 bits per heavy atom. The van der Waals surface area contributed by atoms with E-state index in [9.17, 15) is 17.6 Å². The van der Waals surface area contributed by atoms with Gasteiger partial charge in [0.05, 0.1) is 26.4 Å². The number of alkyl halides is 4. The van der Waals surface area contributed by atoms with E-state index in [1.54, 1.807) is 6.07 Å². The van der Waals surface area contributed by atoms with Crippen molar-refractivity contribution in [2.75, 3.05) is 67.7 Å². The quantitative estimate of drug-likeness (QED) is 0.301. The molecule has 10 nitrogen and oxygen atoms in total. The molecule has 4 fully saturated rings. The maximum absolute atomic E-state index is 13.2. The molecule has 2 saturated carbocycles. The number of ether oxygens (including phenoxy) is 2. The smallest absolute Gasteiger partial charge is 0.250 e. The molecule has 2 aliphatic heterocycles. The molecule has 2 unspecified atom stereocenters. The van der Waals surface area contributed by atoms with Crippen LogP contribution in [0.5, 0.6) is 0 Å². The Balaban J connectivity index is 0.000000198. The second kappa shape index (κ2) is 16.8. The van der Waals surface area contributed by atoms with E-state index < -0.39 is 11.8 Å². The molecule has 44 heavy (non-hydrogen) atoms. The van der Waals surface area contributed by atoms with Crippen LogP contribution in [-0.4, -0.2) is 96.5 Å². The lowest BCUT2D eigenvalue weighted by Crippen LogP contribution is -2.37. The van der Waals surface area contributed by atoms with E-state index in [2.05, 4.69) is 25.3 Å². The highest BCUT2D eigenvalue weighted by Gasteiger charge is 2.39. The standard InChI is InChI=1S/C13H17ClF2N4O.C8H9Cl2N3O.C5H9F2N.ClH/c14-10-7-11(17-9-1-2-13(15,16)8-9)19-12(18-10)20-3-5-21-6-4-20;9-6-5-7(10)12-8(11-6)13-1-3-14-4-2-13;6-5(7)2-1-4(8)3-5;/h7,9H,1-6,8H2,(H,17,18,19);5H,1-4H2;4H,1-3,8H2;1H. The van der Waals surface area contributed by atoms with Crippen LogP contribution in [0.2, 0.25) is 15.5 Å². The Labute approximate surface area is 274 Å². The number of halogens is 8. The number of rotatable bonds is 4. The monoisotopic (exact) mass is 708 g/mol. The van der Waals surface area contributed by atoms with Crippen molar-refractivity contribution in [2.45, 2.75) is 62.5 Å². The molecule has 0 amide bonds. The van der Waals surface area contributed by atoms with Crippen molar-refractivity contribution in [1.82, 2.24) is 19.9 Å². The van der Waals surface area contributed by atoms with Crippen molar-refractivity contribution in [3.63, 3.8) is 0 Å². The highest BCUT2D eigenvalue weighted by molar-refractivity contribution is 6.33. The third-order valence-corrected chi connectivity index (χ3v) is 7.70. The molecule has 18 heteroatoms. The first-order valence-electron chi connectivity index (χ1n) is 14.1. The molecular formula is C26H36Cl4F4N8O2. The molecule has 2 saturated heterocycles. The average molecular weight is 710 g/mol. The van der Waals surface area contributed by atoms with Gasteiger partial charge in [-0.05, 0) is 12.8 Å². The van der Waals surface area contributed by atoms with Gasteiger partial charge < -0.3 is 30.3 Å². The first kappa shape index (κ1) is 36.8. The van der Waals surface area contributed by atoms with Gasteiger partial charge >= 0.3 is 0 Å². The minimum absolute atomic E-state index is 0. The van der Waals surface area contributed by atoms with Crippen LogP contribution in [-0.2, 0) is 9.47 Å². The number of hydrogen-bond donors (Lipinski definition) is 2. The molecule has 2 aromatic heterocycles. The number of nitrogens with one attached hydrogen (secondary N) is 1. The number of hydrogen-bond acceptors (Lipinski definition) is 10. The molecule has 0 radical (unpaired) electrons. The van der Waals surface area contributed by atoms with Gasteiger partial charge in [0.2, 0.25) is 23.7 Å². The molecule has 0 spiro atoms. The maximum Gasteiger partial charge on any atom is 0.250 e. The van der Waals surface area contributed by atoms with Gasteiger partial charge in [-0.25, -0.2) is 32.5 Å². The zero-order valence-electron chi connectivity index (χ0n) is 23.8. The minimum Gasteiger partial charge on any atom is -0.378 e. The first-order valence-corrected chi connectivity index (χ1v) is 15.2. The van der Waals surface area contributed by atoms with Crippen LogP contribution in [0, 0.1) is 0 Å². The van der Waals surface area contributed by atoms with Crippen LogP contribution in [0.15, 0.2) is 12.1 Å². The van der Waals surface area contributed by atoms with Crippen molar-refractivity contribution < 1.29 is 27.0 Å². The Bertz CT molecular complexity index is 1180. The molecule has 2 aliphatic carbocycles. The molecule has 0 bridgehead atoms. The van der Waals surface area contributed by atoms with Crippen LogP contribution in [0.4, 0.5) is 35.3 Å². The normalized spacial score (nSPS) is 23.9. The Hall–Kier alpha value is -1.68. The van der Waals surface area contributed by atoms with Crippen LogP contribution in [0.1, 0.15) is 38.5 Å². The zero-order valence-corrected chi connectivity index (χ0v) is 26.9. The Morgan fingerprint density at radius 3 is 1.59 bits per heavy atom. The third kappa shape index (κ3) is 11.9. The first-order chi connectivity index (χ1) is 20.4. The second-order valence-electron chi connectivity index (χ2n) is 10.7. The lowest BCUT2D eigenvalue weighted by atomic mass is 10.2. The Morgan fingerprint density at radius 1 is 0.727 bits per heavy atom. The van der Waals surface area contributed by atoms with Gasteiger partial charge in [0.25, 0.3) is 0 Å². The van der Waals surface area contributed by atoms with Crippen molar-refractivity contribution in [1.29, 1.82) is 0 Å². The number of aromatic nitrogens is 4. The highest BCUT2D eigenvalue weighted by atomic mass is 35.5. The maximum atomic E-state index is 13.2. The summed E-state index contributed by atoms with van der Waals surface area (Å²) in [5.41, 5.74) is 5.23. The summed E-state index contributed by atoms with van der Waals surface area (Å²) in [5.74, 6) is -3.45. The number of morpholine rings is 2. The summed E-state index contributed by atoms with van der Waals surface area (Å²) in [7, 11) is 0. The van der Waals surface area contributed by atoms with E-state index >= 15 is 0 Å². The van der Waals surface area contributed by atoms with E-state index in [1.165, 1.54) is 6.07 Å². The molecule has 6 rings (SSSR count). The fourth-order valence-corrected chi connectivity index (χ4v) is 5.53. The van der Waals surface area contributed by atoms with Gasteiger partial charge in [-0.2, -0.15) is 4.98 Å². The van der Waals surface area contributed by atoms with Crippen molar-refractivity contribution >= 4 is 64.9 Å². The van der Waals surface area contributed by atoms with Gasteiger partial charge in [-0.3, -0.25) is 0 Å². The number of nitrogens with zero attached hydrogens (tertiary/aromatic N) is 6. The van der Waals surface area contributed by atoms with Gasteiger partial charge in [0.15, 0.2) is 0 Å². The lowest BCUT2D eigenvalue weighted by molar-refractivity contribution is 0.00750. The Kier molecular flexibility index (Phi) is 14.0. The lowest BCUT2D eigenvalue weighted by Gasteiger charge is -2.27. The minimum atomic E-state index is -2.58. The molecule has 0 aromatic carbocycles. The number of anilines is 3. The van der Waals surface area contributed by atoms with E-state index in [0.717, 1.165) is 13.1 Å². The van der Waals surface area contributed by atoms with E-state index in [1.807, 2.05) is 9.80 Å². The van der Waals surface area contributed by atoms with Crippen molar-refractivity contribution in [3.8, 4) is 0 Å². The molecule has 2 atom stereocenters. The largest absolute Gasteiger partial charge is 0.378 e. The molecular weight excluding hydrogens is 674 g/mol. The van der Waals surface area contributed by atoms with Crippen molar-refractivity contribution in [3.05, 3.63) is 27.6 Å². The fourth-order valence-electron chi connectivity index (χ4n) is 4.93. The molecule has 4 aliphatic rings. The topological polar surface area (TPSA) is 115 Å². The van der Waals surface area contributed by atoms with Gasteiger partial charge in [0, 0.05) is 76.1 Å². The summed E-state index contributed by atoms with van der Waals surface area (Å²) in [5, 5.41) is 4.08. The van der Waals surface area contributed by atoms with Crippen LogP contribution in [0.25, 0.3) is 0 Å². The van der Waals surface area contributed by atoms with Gasteiger partial charge in [-0.15, -0.1) is 12.4 Å². The summed E-state index contributed by atoms with van der Waals surface area (Å²) in [6.45, 7) is 5.55. The molecule has 248 valence electrons. The third-order valence-electron chi connectivity index (χ3n) is 7.12. The summed E-state index contributed by atoms with van der Waals surface area (Å²) in [4.78, 5) is 20.8. The fraction of sp³-hybridized carbons (Fsp3) is 0.692. The highest BCUT2D eigenvalue weighted by Crippen LogP contribution is 2.36. The molecule has 3 N–H and O–H groups in total. The second-order valence-corrected chi connectivity index (χ2v) is 11.8. The van der Waals surface area contributed by atoms with Crippen molar-refractivity contribution in [2.24, 2.45) is 5.73 Å². The predicted octanol–water partition coefficient (Wildman–Crippen LogP) is 5.74. The van der Waals surface area contributed by atoms with Crippen LogP contribution < -0.4 is 20.9 Å². The SMILES string of the molecule is Cl.Clc1cc(Cl)nc(N2CCOCC2)n1.FC1(F)CCC(Nc2cc(Cl)nc(N3CCOCC3)n2)C1.NC1CCC(F)(F)C1. The van der Waals surface area contributed by atoms with E-state index in [0.29, 0.717) is 85.5 Å². The molecule has 4 heterocycles. The van der Waals surface area contributed by atoms with E-state index in [-0.39, 0.29) is 50.2 Å². The van der Waals surface area contributed by atoms with Gasteiger partial charge in [0.1, 0.15) is 21.3 Å². The molecule has 2 aromatic rings. The van der Waals surface area contributed by atoms with Gasteiger partial charge in [-0.1, -0.05) is 34.8 Å². The van der Waals surface area contributed by atoms with Crippen LogP contribution >= 0.6 is 47.2 Å². The summed E-state index contributed by atoms with van der Waals surface area (Å²) in [6.07, 6.45) is 0.525. The predicted molar refractivity (Wildman–Crippen MR) is 165 cm³/mol. The van der Waals surface area contributed by atoms with E-state index in [4.69, 9.17) is 50.0 Å². The zero-order chi connectivity index (χ0) is 31.0. The summed E-state index contributed by atoms with van der Waals surface area (Å²) < 4.78 is 61.2. The summed E-state index contributed by atoms with van der Waals surface area (Å²) >= 11 is 17.6. The number of nitrogens with two attached hydrogens (primary N) is 1. The average Bonchev–Trinajstić information content (AvgIpc) is 3.47. The van der Waals surface area contributed by atoms with Crippen LogP contribution in [0.3, 0.4) is 0 Å².